The van der Waals surface area contributed by atoms with Crippen molar-refractivity contribution in [2.75, 3.05) is 0 Å². The molecule has 0 bridgehead atoms. The van der Waals surface area contributed by atoms with Crippen LogP contribution in [0.2, 0.25) is 0 Å². The molecule has 4 heteroatoms. The quantitative estimate of drug-likeness (QED) is 0.833. The van der Waals surface area contributed by atoms with Crippen molar-refractivity contribution in [3.05, 3.63) is 40.8 Å². The fourth-order valence-electron chi connectivity index (χ4n) is 2.04. The molecule has 0 aliphatic carbocycles. The Labute approximate surface area is 99.3 Å². The molecule has 0 amide bonds. The third-order valence-electron chi connectivity index (χ3n) is 2.88. The van der Waals surface area contributed by atoms with E-state index in [0.29, 0.717) is 5.56 Å². The van der Waals surface area contributed by atoms with Gasteiger partial charge in [-0.2, -0.15) is 0 Å². The smallest absolute Gasteiger partial charge is 0.335 e. The van der Waals surface area contributed by atoms with Gasteiger partial charge in [0.2, 0.25) is 0 Å². The molecule has 1 heterocycles. The Kier molecular flexibility index (Phi) is 2.71. The molecule has 2 N–H and O–H groups in total. The summed E-state index contributed by atoms with van der Waals surface area (Å²) in [5.41, 5.74) is 3.92. The summed E-state index contributed by atoms with van der Waals surface area (Å²) >= 11 is 0. The van der Waals surface area contributed by atoms with E-state index in [1.807, 2.05) is 26.8 Å². The number of nitrogens with zero attached hydrogens (tertiary/aromatic N) is 1. The minimum Gasteiger partial charge on any atom is -0.478 e. The fraction of sp³-hybridized carbons (Fsp3) is 0.231. The maximum absolute atomic E-state index is 11.1. The number of imidazole rings is 1. The largest absolute Gasteiger partial charge is 0.478 e. The van der Waals surface area contributed by atoms with E-state index < -0.39 is 5.97 Å². The standard InChI is InChI=1S/C13H14N2O2/c1-7-4-5-10(13(16)17)8(2)12(7)11-6-14-9(3)15-11/h4-6H,1-3H3,(H,14,15)(H,16,17). The van der Waals surface area contributed by atoms with Gasteiger partial charge in [0, 0.05) is 5.56 Å². The van der Waals surface area contributed by atoms with Crippen molar-refractivity contribution in [1.82, 2.24) is 9.97 Å². The fourth-order valence-corrected chi connectivity index (χ4v) is 2.04. The lowest BCUT2D eigenvalue weighted by atomic mass is 9.96. The van der Waals surface area contributed by atoms with Gasteiger partial charge in [-0.3, -0.25) is 0 Å². The van der Waals surface area contributed by atoms with Crippen molar-refractivity contribution < 1.29 is 9.90 Å². The van der Waals surface area contributed by atoms with Crippen molar-refractivity contribution in [2.45, 2.75) is 20.8 Å². The second-order valence-corrected chi connectivity index (χ2v) is 4.12. The van der Waals surface area contributed by atoms with Crippen LogP contribution in [0.15, 0.2) is 18.3 Å². The minimum absolute atomic E-state index is 0.331. The van der Waals surface area contributed by atoms with Gasteiger partial charge >= 0.3 is 5.97 Å². The third kappa shape index (κ3) is 1.93. The summed E-state index contributed by atoms with van der Waals surface area (Å²) in [5, 5.41) is 9.11. The number of hydrogen-bond donors (Lipinski definition) is 2. The average Bonchev–Trinajstić information content (AvgIpc) is 2.64. The minimum atomic E-state index is -0.903. The topological polar surface area (TPSA) is 66.0 Å². The molecule has 0 fully saturated rings. The summed E-state index contributed by atoms with van der Waals surface area (Å²) in [4.78, 5) is 18.4. The first kappa shape index (κ1) is 11.4. The second kappa shape index (κ2) is 4.05. The second-order valence-electron chi connectivity index (χ2n) is 4.12. The monoisotopic (exact) mass is 230 g/mol. The van der Waals surface area contributed by atoms with Gasteiger partial charge in [-0.25, -0.2) is 9.78 Å². The molecule has 0 radical (unpaired) electrons. The van der Waals surface area contributed by atoms with Crippen LogP contribution in [-0.2, 0) is 0 Å². The zero-order chi connectivity index (χ0) is 12.6. The van der Waals surface area contributed by atoms with E-state index in [1.54, 1.807) is 12.3 Å². The number of hydrogen-bond acceptors (Lipinski definition) is 2. The lowest BCUT2D eigenvalue weighted by molar-refractivity contribution is 0.0696. The SMILES string of the molecule is Cc1ncc(-c2c(C)ccc(C(=O)O)c2C)[nH]1. The molecule has 2 rings (SSSR count). The Morgan fingerprint density at radius 3 is 2.53 bits per heavy atom. The molecule has 4 nitrogen and oxygen atoms in total. The average molecular weight is 230 g/mol. The van der Waals surface area contributed by atoms with Crippen LogP contribution < -0.4 is 0 Å². The highest BCUT2D eigenvalue weighted by molar-refractivity contribution is 5.92. The first-order chi connectivity index (χ1) is 8.00. The van der Waals surface area contributed by atoms with E-state index in [2.05, 4.69) is 9.97 Å². The number of aryl methyl sites for hydroxylation is 2. The van der Waals surface area contributed by atoms with Gasteiger partial charge < -0.3 is 10.1 Å². The summed E-state index contributed by atoms with van der Waals surface area (Å²) in [6, 6.07) is 3.46. The van der Waals surface area contributed by atoms with Crippen LogP contribution in [0, 0.1) is 20.8 Å². The first-order valence-electron chi connectivity index (χ1n) is 5.36. The summed E-state index contributed by atoms with van der Waals surface area (Å²) < 4.78 is 0. The molecular weight excluding hydrogens is 216 g/mol. The maximum Gasteiger partial charge on any atom is 0.335 e. The molecular formula is C13H14N2O2. The highest BCUT2D eigenvalue weighted by Gasteiger charge is 2.14. The number of aromatic amines is 1. The molecule has 0 unspecified atom stereocenters. The Morgan fingerprint density at radius 2 is 2.00 bits per heavy atom. The van der Waals surface area contributed by atoms with Gasteiger partial charge in [0.05, 0.1) is 17.5 Å². The van der Waals surface area contributed by atoms with Crippen LogP contribution in [0.1, 0.15) is 27.3 Å². The Bertz CT molecular complexity index is 585. The van der Waals surface area contributed by atoms with Gasteiger partial charge in [0.25, 0.3) is 0 Å². The lowest BCUT2D eigenvalue weighted by Crippen LogP contribution is -2.02. The molecule has 88 valence electrons. The Morgan fingerprint density at radius 1 is 1.29 bits per heavy atom. The predicted molar refractivity (Wildman–Crippen MR) is 65.2 cm³/mol. The molecule has 0 atom stereocenters. The summed E-state index contributed by atoms with van der Waals surface area (Å²) in [7, 11) is 0. The zero-order valence-corrected chi connectivity index (χ0v) is 10.0. The van der Waals surface area contributed by atoms with Gasteiger partial charge in [-0.05, 0) is 38.0 Å². The molecule has 1 aromatic heterocycles. The van der Waals surface area contributed by atoms with E-state index >= 15 is 0 Å². The number of carboxylic acid groups (broad SMARTS) is 1. The normalized spacial score (nSPS) is 10.5. The number of rotatable bonds is 2. The molecule has 0 aliphatic rings. The molecule has 2 aromatic rings. The van der Waals surface area contributed by atoms with Crippen molar-refractivity contribution >= 4 is 5.97 Å². The van der Waals surface area contributed by atoms with E-state index in [4.69, 9.17) is 5.11 Å². The molecule has 17 heavy (non-hydrogen) atoms. The molecule has 1 aromatic carbocycles. The van der Waals surface area contributed by atoms with Gasteiger partial charge in [0.1, 0.15) is 5.82 Å². The third-order valence-corrected chi connectivity index (χ3v) is 2.88. The van der Waals surface area contributed by atoms with Gasteiger partial charge in [-0.1, -0.05) is 6.07 Å². The maximum atomic E-state index is 11.1. The number of carboxylic acids is 1. The molecule has 0 saturated carbocycles. The predicted octanol–water partition coefficient (Wildman–Crippen LogP) is 2.70. The van der Waals surface area contributed by atoms with E-state index in [1.165, 1.54) is 0 Å². The van der Waals surface area contributed by atoms with E-state index in [-0.39, 0.29) is 0 Å². The van der Waals surface area contributed by atoms with Gasteiger partial charge in [0.15, 0.2) is 0 Å². The van der Waals surface area contributed by atoms with Crippen LogP contribution in [-0.4, -0.2) is 21.0 Å². The number of carbonyl (C=O) groups is 1. The highest BCUT2D eigenvalue weighted by Crippen LogP contribution is 2.28. The van der Waals surface area contributed by atoms with Crippen molar-refractivity contribution in [3.8, 4) is 11.3 Å². The van der Waals surface area contributed by atoms with Crippen molar-refractivity contribution in [2.24, 2.45) is 0 Å². The van der Waals surface area contributed by atoms with Crippen molar-refractivity contribution in [3.63, 3.8) is 0 Å². The van der Waals surface area contributed by atoms with Crippen molar-refractivity contribution in [1.29, 1.82) is 0 Å². The highest BCUT2D eigenvalue weighted by atomic mass is 16.4. The number of aromatic carboxylic acids is 1. The summed E-state index contributed by atoms with van der Waals surface area (Å²) in [6.07, 6.45) is 1.73. The summed E-state index contributed by atoms with van der Waals surface area (Å²) in [6.45, 7) is 5.65. The lowest BCUT2D eigenvalue weighted by Gasteiger charge is -2.10. The number of benzene rings is 1. The van der Waals surface area contributed by atoms with E-state index in [9.17, 15) is 4.79 Å². The van der Waals surface area contributed by atoms with Crippen LogP contribution in [0.25, 0.3) is 11.3 Å². The van der Waals surface area contributed by atoms with Gasteiger partial charge in [-0.15, -0.1) is 0 Å². The Hall–Kier alpha value is -2.10. The molecule has 0 aliphatic heterocycles. The van der Waals surface area contributed by atoms with E-state index in [0.717, 1.165) is 28.2 Å². The first-order valence-corrected chi connectivity index (χ1v) is 5.36. The Balaban J connectivity index is 2.68. The van der Waals surface area contributed by atoms with Crippen LogP contribution >= 0.6 is 0 Å². The van der Waals surface area contributed by atoms with Crippen LogP contribution in [0.4, 0.5) is 0 Å². The molecule has 0 saturated heterocycles. The number of nitrogens with one attached hydrogen (secondary N) is 1. The van der Waals surface area contributed by atoms with Crippen LogP contribution in [0.3, 0.4) is 0 Å². The number of H-pyrrole nitrogens is 1. The van der Waals surface area contributed by atoms with Crippen LogP contribution in [0.5, 0.6) is 0 Å². The number of aromatic nitrogens is 2. The zero-order valence-electron chi connectivity index (χ0n) is 10.0. The summed E-state index contributed by atoms with van der Waals surface area (Å²) in [5.74, 6) is -0.0838. The molecule has 0 spiro atoms.